The van der Waals surface area contributed by atoms with Gasteiger partial charge in [-0.15, -0.1) is 0 Å². The lowest BCUT2D eigenvalue weighted by molar-refractivity contribution is -0.200. The van der Waals surface area contributed by atoms with Crippen LogP contribution < -0.4 is 15.4 Å². The molecule has 1 saturated heterocycles. The van der Waals surface area contributed by atoms with E-state index in [1.807, 2.05) is 37.3 Å². The molecule has 0 aromatic heterocycles. The van der Waals surface area contributed by atoms with Gasteiger partial charge in [0.15, 0.2) is 23.5 Å². The van der Waals surface area contributed by atoms with E-state index in [1.165, 1.54) is 11.6 Å². The quantitative estimate of drug-likeness (QED) is 0.0723. The smallest absolute Gasteiger partial charge is 0.328 e. The average molecular weight is 927 g/mol. The number of phenolic OH excluding ortho intramolecular Hbond substituents is 1. The first-order chi connectivity index (χ1) is 30.4. The maximum Gasteiger partial charge on any atom is 0.328 e. The molecule has 11 atom stereocenters. The van der Waals surface area contributed by atoms with Gasteiger partial charge in [0.25, 0.3) is 0 Å². The van der Waals surface area contributed by atoms with Crippen molar-refractivity contribution < 1.29 is 79.8 Å². The average Bonchev–Trinajstić information content (AvgIpc) is 3.75. The van der Waals surface area contributed by atoms with Crippen molar-refractivity contribution in [2.75, 3.05) is 25.6 Å². The molecule has 18 heteroatoms. The number of aromatic hydroxyl groups is 1. The van der Waals surface area contributed by atoms with Gasteiger partial charge in [-0.3, -0.25) is 14.4 Å². The number of anilines is 1. The summed E-state index contributed by atoms with van der Waals surface area (Å²) in [7, 11) is 1.64. The molecule has 1 aliphatic heterocycles. The van der Waals surface area contributed by atoms with Gasteiger partial charge < -0.3 is 66.4 Å². The Morgan fingerprint density at radius 3 is 2.30 bits per heavy atom. The van der Waals surface area contributed by atoms with Crippen LogP contribution in [0.25, 0.3) is 0 Å². The summed E-state index contributed by atoms with van der Waals surface area (Å²) in [6.45, 7) is 8.09. The van der Waals surface area contributed by atoms with Crippen molar-refractivity contribution in [3.05, 3.63) is 89.5 Å². The number of hydrogen-bond acceptors (Lipinski definition) is 13. The van der Waals surface area contributed by atoms with E-state index >= 15 is 0 Å². The van der Waals surface area contributed by atoms with Gasteiger partial charge in [-0.25, -0.2) is 9.59 Å². The Labute approximate surface area is 384 Å². The second-order valence-electron chi connectivity index (χ2n) is 17.7. The summed E-state index contributed by atoms with van der Waals surface area (Å²) < 4.78 is 17.8. The number of methoxy groups -OCH3 is 1. The number of hydrogen-bond donors (Lipinski definition) is 8. The number of aliphatic hydroxyl groups excluding tert-OH is 3. The Kier molecular flexibility index (Phi) is 19.5. The fourth-order valence-corrected chi connectivity index (χ4v) is 10.8. The summed E-state index contributed by atoms with van der Waals surface area (Å²) in [5.41, 5.74) is 1.02. The molecule has 1 amide bonds. The van der Waals surface area contributed by atoms with Gasteiger partial charge in [-0.1, -0.05) is 57.0 Å². The normalized spacial score (nSPS) is 29.8. The molecule has 4 fully saturated rings. The number of carboxylic acid groups (broad SMARTS) is 2. The lowest BCUT2D eigenvalue weighted by Crippen LogP contribution is -2.63. The largest absolute Gasteiger partial charge is 0.506 e. The third-order valence-electron chi connectivity index (χ3n) is 13.7. The molecule has 5 aliphatic rings. The summed E-state index contributed by atoms with van der Waals surface area (Å²) in [6, 6.07) is 12.7. The van der Waals surface area contributed by atoms with Crippen LogP contribution in [0.2, 0.25) is 0 Å². The number of aliphatic carboxylic acids is 2. The van der Waals surface area contributed by atoms with Gasteiger partial charge in [-0.05, 0) is 105 Å². The number of amides is 1. The van der Waals surface area contributed by atoms with E-state index in [0.717, 1.165) is 37.0 Å². The standard InChI is InChI=1S/C25H34O6.C19H24N2O4.C4H4O4.2H2O/c1-4-5-21-30-20-11-17-16-7-6-14-10-15(27)8-9-23(14,2)22(16)18(28)12-24(17,3)25(20,31-21)19(29)13-26;1-13(9-14-3-6-16(25-2)7-4-14)20-11-19(24)15-5-8-18(23)17(10-15)21-12-22;5-3(6)1-2-4(7)8;;/h8-10,16-18,20-22,26,28H,4-7,11-13H2,1-3H3;3-8,10,12-13,19-20,23-24H,9,11H2,1-2H3,(H,21,22);1-2H,(H,5,6)(H,7,8);2*1H2/b;;2-1+;;/t16-,17-,18-,20+,21?,22+,23-,24-,25+;13-,19+;;;/m01.../s1. The van der Waals surface area contributed by atoms with Gasteiger partial charge in [0.1, 0.15) is 18.1 Å². The minimum Gasteiger partial charge on any atom is -0.506 e. The third-order valence-corrected chi connectivity index (χ3v) is 13.7. The number of carbonyl (C=O) groups is 5. The van der Waals surface area contributed by atoms with Crippen molar-refractivity contribution in [2.45, 2.75) is 109 Å². The molecule has 12 N–H and O–H groups in total. The molecule has 66 heavy (non-hydrogen) atoms. The summed E-state index contributed by atoms with van der Waals surface area (Å²) in [5.74, 6) is -1.70. The van der Waals surface area contributed by atoms with E-state index in [1.54, 1.807) is 31.4 Å². The molecule has 0 spiro atoms. The van der Waals surface area contributed by atoms with Crippen LogP contribution in [0.15, 0.2) is 78.4 Å². The van der Waals surface area contributed by atoms with Crippen LogP contribution in [0.5, 0.6) is 11.5 Å². The molecule has 0 radical (unpaired) electrons. The second kappa shape index (κ2) is 23.4. The van der Waals surface area contributed by atoms with E-state index in [0.29, 0.717) is 49.9 Å². The van der Waals surface area contributed by atoms with Crippen LogP contribution >= 0.6 is 0 Å². The highest BCUT2D eigenvalue weighted by atomic mass is 16.7. The second-order valence-corrected chi connectivity index (χ2v) is 17.7. The Morgan fingerprint density at radius 2 is 1.71 bits per heavy atom. The number of Topliss-reactive ketones (excluding diaryl/α,β-unsaturated/α-hetero) is 1. The van der Waals surface area contributed by atoms with Crippen molar-refractivity contribution in [3.8, 4) is 11.5 Å². The minimum atomic E-state index is -1.26. The molecule has 18 nitrogen and oxygen atoms in total. The minimum absolute atomic E-state index is 0. The van der Waals surface area contributed by atoms with Crippen LogP contribution in [-0.2, 0) is 39.9 Å². The molecule has 7 rings (SSSR count). The third kappa shape index (κ3) is 11.6. The number of phenols is 1. The highest BCUT2D eigenvalue weighted by molar-refractivity contribution is 6.01. The number of fused-ring (bicyclic) bond motifs is 7. The van der Waals surface area contributed by atoms with E-state index in [9.17, 15) is 44.4 Å². The van der Waals surface area contributed by atoms with Crippen LogP contribution in [-0.4, -0.2) is 122 Å². The number of ketones is 2. The molecule has 364 valence electrons. The number of nitrogens with one attached hydrogen (secondary N) is 2. The van der Waals surface area contributed by atoms with Gasteiger partial charge in [0.05, 0.1) is 31.1 Å². The lowest BCUT2D eigenvalue weighted by atomic mass is 9.46. The summed E-state index contributed by atoms with van der Waals surface area (Å²) in [6.07, 6.45) is 10.00. The van der Waals surface area contributed by atoms with Crippen LogP contribution in [0, 0.1) is 28.6 Å². The molecule has 3 saturated carbocycles. The van der Waals surface area contributed by atoms with E-state index in [2.05, 4.69) is 31.4 Å². The Morgan fingerprint density at radius 1 is 1.05 bits per heavy atom. The summed E-state index contributed by atoms with van der Waals surface area (Å²) in [4.78, 5) is 54.8. The number of carbonyl (C=O) groups excluding carboxylic acids is 3. The molecule has 1 heterocycles. The molecule has 4 aliphatic carbocycles. The SMILES string of the molecule is CCCC1O[C@@H]2C[C@H]3[C@@H]4CCC5=CC(=O)C=C[C@]5(C)[C@H]4[C@@H](O)C[C@]3(C)[C@]2(C(=O)CO)O1.COc1ccc(C[C@@H](C)NC[C@H](O)c2ccc(O)c(NC=O)c2)cc1.O.O.O=C(O)/C=C/C(=O)O. The van der Waals surface area contributed by atoms with Crippen molar-refractivity contribution in [3.63, 3.8) is 0 Å². The maximum atomic E-state index is 13.2. The van der Waals surface area contributed by atoms with Gasteiger partial charge in [0.2, 0.25) is 6.41 Å². The molecule has 2 aromatic carbocycles. The Hall–Kier alpha value is -5.31. The van der Waals surface area contributed by atoms with Crippen LogP contribution in [0.4, 0.5) is 5.69 Å². The first-order valence-corrected chi connectivity index (χ1v) is 21.7. The fraction of sp³-hybridized carbons (Fsp3) is 0.521. The summed E-state index contributed by atoms with van der Waals surface area (Å²) >= 11 is 0. The predicted molar refractivity (Wildman–Crippen MR) is 241 cm³/mol. The number of benzene rings is 2. The Bertz CT molecular complexity index is 2090. The van der Waals surface area contributed by atoms with Crippen molar-refractivity contribution in [1.82, 2.24) is 5.32 Å². The maximum absolute atomic E-state index is 13.2. The number of rotatable bonds is 15. The first kappa shape index (κ1) is 55.0. The number of aliphatic hydroxyl groups is 3. The number of ether oxygens (including phenoxy) is 3. The van der Waals surface area contributed by atoms with Crippen LogP contribution in [0.3, 0.4) is 0 Å². The first-order valence-electron chi connectivity index (χ1n) is 21.7. The zero-order chi connectivity index (χ0) is 47.0. The highest BCUT2D eigenvalue weighted by Crippen LogP contribution is 2.69. The topological polar surface area (TPSA) is 321 Å². The molecule has 1 unspecified atom stereocenters. The Balaban J connectivity index is 0.000000298. The number of carboxylic acids is 2. The highest BCUT2D eigenvalue weighted by Gasteiger charge is 2.75. The van der Waals surface area contributed by atoms with Crippen molar-refractivity contribution in [1.29, 1.82) is 0 Å². The van der Waals surface area contributed by atoms with E-state index < -0.39 is 54.2 Å². The number of allylic oxidation sites excluding steroid dienone is 4. The molecule has 2 aromatic rings. The summed E-state index contributed by atoms with van der Waals surface area (Å²) in [5, 5.41) is 62.7. The van der Waals surface area contributed by atoms with Crippen LogP contribution in [0.1, 0.15) is 83.5 Å². The fourth-order valence-electron chi connectivity index (χ4n) is 10.8. The molecular formula is C48H66N2O16. The lowest BCUT2D eigenvalue weighted by Gasteiger charge is -2.59. The van der Waals surface area contributed by atoms with Crippen molar-refractivity contribution >= 4 is 35.6 Å². The zero-order valence-corrected chi connectivity index (χ0v) is 37.9. The van der Waals surface area contributed by atoms with Gasteiger partial charge in [0, 0.05) is 41.5 Å². The molecular weight excluding hydrogens is 861 g/mol. The van der Waals surface area contributed by atoms with Gasteiger partial charge in [-0.2, -0.15) is 0 Å². The van der Waals surface area contributed by atoms with Gasteiger partial charge >= 0.3 is 11.9 Å². The molecule has 0 bridgehead atoms. The predicted octanol–water partition coefficient (Wildman–Crippen LogP) is 3.00. The van der Waals surface area contributed by atoms with E-state index in [4.69, 9.17) is 24.4 Å². The van der Waals surface area contributed by atoms with E-state index in [-0.39, 0.29) is 63.2 Å². The van der Waals surface area contributed by atoms with Crippen molar-refractivity contribution in [2.24, 2.45) is 28.6 Å². The monoisotopic (exact) mass is 926 g/mol. The zero-order valence-electron chi connectivity index (χ0n) is 37.9.